The van der Waals surface area contributed by atoms with Crippen LogP contribution in [0.5, 0.6) is 0 Å². The highest BCUT2D eigenvalue weighted by Gasteiger charge is 2.19. The van der Waals surface area contributed by atoms with E-state index in [4.69, 9.17) is 14.2 Å². The molecular formula is C61H106O6. The molecule has 0 heterocycles. The van der Waals surface area contributed by atoms with Gasteiger partial charge in [0.15, 0.2) is 6.10 Å². The summed E-state index contributed by atoms with van der Waals surface area (Å²) in [4.78, 5) is 38.1. The van der Waals surface area contributed by atoms with E-state index < -0.39 is 6.10 Å². The van der Waals surface area contributed by atoms with Gasteiger partial charge in [0.25, 0.3) is 0 Å². The predicted molar refractivity (Wildman–Crippen MR) is 288 cm³/mol. The minimum Gasteiger partial charge on any atom is -0.462 e. The smallest absolute Gasteiger partial charge is 0.306 e. The lowest BCUT2D eigenvalue weighted by Gasteiger charge is -2.18. The first-order chi connectivity index (χ1) is 33.0. The SMILES string of the molecule is CC/C=C\C/C=C\C/C=C\C/C=C\CCCCCC(=O)OC(COC(=O)CCCCCCCCC/C=C\C/C=C\CCCCC)COC(=O)CCCCCCCCCCCCCCCCCC. The summed E-state index contributed by atoms with van der Waals surface area (Å²) in [5.74, 6) is -0.919. The number of carbonyl (C=O) groups excluding carboxylic acids is 3. The Morgan fingerprint density at radius 2 is 0.582 bits per heavy atom. The quantitative estimate of drug-likeness (QED) is 0.0262. The minimum atomic E-state index is -0.794. The van der Waals surface area contributed by atoms with Crippen LogP contribution in [0.3, 0.4) is 0 Å². The standard InChI is InChI=1S/C61H106O6/c1-4-7-10-13-16-19-22-25-28-31-34-36-39-42-45-48-51-54-60(63)66-57-58(67-61(64)55-52-49-46-43-40-37-33-30-27-24-21-18-15-12-9-6-3)56-65-59(62)53-50-47-44-41-38-35-32-29-26-23-20-17-14-11-8-5-2/h9,12,16,18-19,21,25,27-28,30,37,40,58H,4-8,10-11,13-15,17,20,22-24,26,29,31-36,38-39,41-57H2,1-3H3/b12-9-,19-16-,21-18-,28-25-,30-27-,40-37-. The number of ether oxygens (including phenoxy) is 3. The summed E-state index contributed by atoms with van der Waals surface area (Å²) in [5.41, 5.74) is 0. The lowest BCUT2D eigenvalue weighted by molar-refractivity contribution is -0.167. The fourth-order valence-electron chi connectivity index (χ4n) is 7.93. The Labute approximate surface area is 414 Å². The summed E-state index contributed by atoms with van der Waals surface area (Å²) < 4.78 is 16.8. The molecule has 6 nitrogen and oxygen atoms in total. The Balaban J connectivity index is 4.43. The normalized spacial score (nSPS) is 12.6. The van der Waals surface area contributed by atoms with E-state index in [-0.39, 0.29) is 31.1 Å². The number of rotatable bonds is 51. The fourth-order valence-corrected chi connectivity index (χ4v) is 7.93. The zero-order valence-electron chi connectivity index (χ0n) is 44.2. The van der Waals surface area contributed by atoms with E-state index in [0.29, 0.717) is 19.3 Å². The van der Waals surface area contributed by atoms with Crippen molar-refractivity contribution in [3.8, 4) is 0 Å². The van der Waals surface area contributed by atoms with Crippen LogP contribution in [0.15, 0.2) is 72.9 Å². The van der Waals surface area contributed by atoms with Crippen LogP contribution in [0.2, 0.25) is 0 Å². The van der Waals surface area contributed by atoms with Crippen LogP contribution in [0, 0.1) is 0 Å². The average molecular weight is 936 g/mol. The molecule has 0 saturated heterocycles. The molecule has 67 heavy (non-hydrogen) atoms. The van der Waals surface area contributed by atoms with Crippen molar-refractivity contribution in [2.24, 2.45) is 0 Å². The van der Waals surface area contributed by atoms with Gasteiger partial charge in [-0.25, -0.2) is 0 Å². The first-order valence-corrected chi connectivity index (χ1v) is 28.4. The Hall–Kier alpha value is -3.15. The molecule has 1 atom stereocenters. The lowest BCUT2D eigenvalue weighted by atomic mass is 10.0. The summed E-state index contributed by atoms with van der Waals surface area (Å²) >= 11 is 0. The minimum absolute atomic E-state index is 0.0888. The number of esters is 3. The maximum absolute atomic E-state index is 12.8. The van der Waals surface area contributed by atoms with Gasteiger partial charge in [-0.1, -0.05) is 241 Å². The Morgan fingerprint density at radius 1 is 0.313 bits per heavy atom. The van der Waals surface area contributed by atoms with Gasteiger partial charge >= 0.3 is 17.9 Å². The molecule has 0 N–H and O–H groups in total. The van der Waals surface area contributed by atoms with Crippen molar-refractivity contribution in [2.75, 3.05) is 13.2 Å². The number of carbonyl (C=O) groups is 3. The molecule has 0 rings (SSSR count). The summed E-state index contributed by atoms with van der Waals surface area (Å²) in [6.07, 6.45) is 70.3. The summed E-state index contributed by atoms with van der Waals surface area (Å²) in [6.45, 7) is 6.49. The number of allylic oxidation sites excluding steroid dienone is 12. The summed E-state index contributed by atoms with van der Waals surface area (Å²) in [7, 11) is 0. The van der Waals surface area contributed by atoms with E-state index in [0.717, 1.165) is 103 Å². The van der Waals surface area contributed by atoms with Crippen molar-refractivity contribution >= 4 is 17.9 Å². The molecule has 0 aromatic carbocycles. The van der Waals surface area contributed by atoms with Crippen LogP contribution in [0.1, 0.15) is 278 Å². The fraction of sp³-hybridized carbons (Fsp3) is 0.754. The molecule has 0 aliphatic carbocycles. The third kappa shape index (κ3) is 53.7. The number of hydrogen-bond donors (Lipinski definition) is 0. The van der Waals surface area contributed by atoms with Crippen molar-refractivity contribution in [2.45, 2.75) is 284 Å². The lowest BCUT2D eigenvalue weighted by Crippen LogP contribution is -2.30. The predicted octanol–water partition coefficient (Wildman–Crippen LogP) is 19.0. The van der Waals surface area contributed by atoms with Crippen molar-refractivity contribution < 1.29 is 28.6 Å². The van der Waals surface area contributed by atoms with E-state index >= 15 is 0 Å². The van der Waals surface area contributed by atoms with Gasteiger partial charge in [-0.2, -0.15) is 0 Å². The molecule has 0 amide bonds. The van der Waals surface area contributed by atoms with E-state index in [9.17, 15) is 14.4 Å². The maximum Gasteiger partial charge on any atom is 0.306 e. The van der Waals surface area contributed by atoms with E-state index in [1.165, 1.54) is 135 Å². The van der Waals surface area contributed by atoms with Crippen molar-refractivity contribution in [3.05, 3.63) is 72.9 Å². The van der Waals surface area contributed by atoms with Crippen LogP contribution in [-0.4, -0.2) is 37.2 Å². The average Bonchev–Trinajstić information content (AvgIpc) is 3.33. The Morgan fingerprint density at radius 3 is 0.955 bits per heavy atom. The second-order valence-corrected chi connectivity index (χ2v) is 18.8. The van der Waals surface area contributed by atoms with Gasteiger partial charge in [0.1, 0.15) is 13.2 Å². The number of hydrogen-bond acceptors (Lipinski definition) is 6. The topological polar surface area (TPSA) is 78.9 Å². The molecule has 0 radical (unpaired) electrons. The van der Waals surface area contributed by atoms with Crippen LogP contribution in [0.4, 0.5) is 0 Å². The molecule has 0 aromatic heterocycles. The highest BCUT2D eigenvalue weighted by Crippen LogP contribution is 2.16. The molecule has 0 spiro atoms. The second kappa shape index (κ2) is 55.4. The molecule has 0 aliphatic heterocycles. The zero-order valence-corrected chi connectivity index (χ0v) is 44.2. The van der Waals surface area contributed by atoms with Gasteiger partial charge in [-0.05, 0) is 89.9 Å². The van der Waals surface area contributed by atoms with E-state index in [2.05, 4.69) is 93.7 Å². The molecule has 1 unspecified atom stereocenters. The van der Waals surface area contributed by atoms with Crippen molar-refractivity contribution in [1.82, 2.24) is 0 Å². The third-order valence-corrected chi connectivity index (χ3v) is 12.2. The van der Waals surface area contributed by atoms with Gasteiger partial charge in [0.05, 0.1) is 0 Å². The molecule has 0 bridgehead atoms. The van der Waals surface area contributed by atoms with Gasteiger partial charge in [0, 0.05) is 19.3 Å². The van der Waals surface area contributed by atoms with E-state index in [1.807, 2.05) is 0 Å². The first kappa shape index (κ1) is 63.8. The molecular weight excluding hydrogens is 829 g/mol. The second-order valence-electron chi connectivity index (χ2n) is 18.8. The maximum atomic E-state index is 12.8. The number of unbranched alkanes of at least 4 members (excludes halogenated alkanes) is 28. The molecule has 0 aromatic rings. The van der Waals surface area contributed by atoms with Gasteiger partial charge in [0.2, 0.25) is 0 Å². The largest absolute Gasteiger partial charge is 0.462 e. The van der Waals surface area contributed by atoms with Crippen LogP contribution >= 0.6 is 0 Å². The van der Waals surface area contributed by atoms with Gasteiger partial charge < -0.3 is 14.2 Å². The van der Waals surface area contributed by atoms with Crippen LogP contribution in [0.25, 0.3) is 0 Å². The highest BCUT2D eigenvalue weighted by atomic mass is 16.6. The van der Waals surface area contributed by atoms with Gasteiger partial charge in [-0.15, -0.1) is 0 Å². The monoisotopic (exact) mass is 935 g/mol. The molecule has 0 fully saturated rings. The zero-order chi connectivity index (χ0) is 48.6. The van der Waals surface area contributed by atoms with Crippen molar-refractivity contribution in [1.29, 1.82) is 0 Å². The molecule has 6 heteroatoms. The van der Waals surface area contributed by atoms with Crippen LogP contribution < -0.4 is 0 Å². The Bertz CT molecular complexity index is 1260. The van der Waals surface area contributed by atoms with E-state index in [1.54, 1.807) is 0 Å². The van der Waals surface area contributed by atoms with Crippen molar-refractivity contribution in [3.63, 3.8) is 0 Å². The van der Waals surface area contributed by atoms with Gasteiger partial charge in [-0.3, -0.25) is 14.4 Å². The first-order valence-electron chi connectivity index (χ1n) is 28.4. The third-order valence-electron chi connectivity index (χ3n) is 12.2. The Kier molecular flexibility index (Phi) is 52.8. The molecule has 0 aliphatic rings. The highest BCUT2D eigenvalue weighted by molar-refractivity contribution is 5.71. The summed E-state index contributed by atoms with van der Waals surface area (Å²) in [6, 6.07) is 0. The summed E-state index contributed by atoms with van der Waals surface area (Å²) in [5, 5.41) is 0. The van der Waals surface area contributed by atoms with Crippen LogP contribution in [-0.2, 0) is 28.6 Å². The molecule has 386 valence electrons. The molecule has 0 saturated carbocycles.